The van der Waals surface area contributed by atoms with E-state index in [0.717, 1.165) is 17.4 Å². The van der Waals surface area contributed by atoms with E-state index in [1.54, 1.807) is 17.4 Å². The lowest BCUT2D eigenvalue weighted by molar-refractivity contribution is 0.471. The van der Waals surface area contributed by atoms with E-state index in [1.165, 1.54) is 9.58 Å². The number of hydrogen-bond donors (Lipinski definition) is 1. The molecule has 74 valence electrons. The van der Waals surface area contributed by atoms with Crippen molar-refractivity contribution in [3.05, 3.63) is 28.6 Å². The lowest BCUT2D eigenvalue weighted by Gasteiger charge is -2.00. The van der Waals surface area contributed by atoms with Gasteiger partial charge in [-0.15, -0.1) is 22.9 Å². The molecule has 2 rings (SSSR count). The summed E-state index contributed by atoms with van der Waals surface area (Å²) in [6.07, 6.45) is 1.03. The molecule has 0 spiro atoms. The van der Waals surface area contributed by atoms with Gasteiger partial charge in [-0.1, -0.05) is 6.92 Å². The number of thiophene rings is 1. The van der Waals surface area contributed by atoms with Gasteiger partial charge in [0, 0.05) is 20.5 Å². The van der Waals surface area contributed by atoms with E-state index in [1.807, 2.05) is 6.07 Å². The van der Waals surface area contributed by atoms with Crippen LogP contribution in [-0.2, 0) is 12.3 Å². The van der Waals surface area contributed by atoms with E-state index < -0.39 is 0 Å². The second kappa shape index (κ2) is 3.79. The van der Waals surface area contributed by atoms with Crippen molar-refractivity contribution in [2.75, 3.05) is 0 Å². The quantitative estimate of drug-likeness (QED) is 0.770. The molecule has 0 aliphatic rings. The maximum Gasteiger partial charge on any atom is 0.120 e. The van der Waals surface area contributed by atoms with Gasteiger partial charge in [-0.05, 0) is 24.6 Å². The molecule has 0 bridgehead atoms. The summed E-state index contributed by atoms with van der Waals surface area (Å²) in [5.41, 5.74) is 0.847. The van der Waals surface area contributed by atoms with Crippen molar-refractivity contribution in [1.29, 1.82) is 0 Å². The molecular formula is C11H11ClOS. The van der Waals surface area contributed by atoms with Crippen LogP contribution in [0.25, 0.3) is 10.1 Å². The van der Waals surface area contributed by atoms with Gasteiger partial charge in [0.05, 0.1) is 5.88 Å². The first kappa shape index (κ1) is 9.81. The topological polar surface area (TPSA) is 20.2 Å². The molecule has 1 aromatic carbocycles. The molecule has 0 aliphatic heterocycles. The molecule has 2 aromatic rings. The highest BCUT2D eigenvalue weighted by Crippen LogP contribution is 2.34. The molecule has 0 radical (unpaired) electrons. The number of phenols is 1. The third-order valence-electron chi connectivity index (χ3n) is 2.32. The molecule has 1 heterocycles. The van der Waals surface area contributed by atoms with Crippen LogP contribution in [0.15, 0.2) is 18.2 Å². The van der Waals surface area contributed by atoms with E-state index in [4.69, 9.17) is 11.6 Å². The first-order valence-electron chi connectivity index (χ1n) is 4.55. The Morgan fingerprint density at radius 3 is 2.86 bits per heavy atom. The number of phenolic OH excluding ortho intramolecular Hbond substituents is 1. The van der Waals surface area contributed by atoms with Gasteiger partial charge in [0.1, 0.15) is 5.75 Å². The van der Waals surface area contributed by atoms with Crippen LogP contribution in [0, 0.1) is 0 Å². The smallest absolute Gasteiger partial charge is 0.120 e. The zero-order chi connectivity index (χ0) is 10.1. The number of rotatable bonds is 2. The Hall–Kier alpha value is -0.730. The lowest BCUT2D eigenvalue weighted by Crippen LogP contribution is -1.79. The van der Waals surface area contributed by atoms with Crippen molar-refractivity contribution in [3.8, 4) is 5.75 Å². The normalized spacial score (nSPS) is 11.0. The van der Waals surface area contributed by atoms with Gasteiger partial charge in [-0.2, -0.15) is 0 Å². The molecule has 1 nitrogen and oxygen atoms in total. The molecule has 0 saturated carbocycles. The van der Waals surface area contributed by atoms with E-state index in [2.05, 4.69) is 13.0 Å². The summed E-state index contributed by atoms with van der Waals surface area (Å²) >= 11 is 7.57. The van der Waals surface area contributed by atoms with Crippen LogP contribution in [0.3, 0.4) is 0 Å². The van der Waals surface area contributed by atoms with Crippen molar-refractivity contribution in [1.82, 2.24) is 0 Å². The molecule has 0 unspecified atom stereocenters. The zero-order valence-corrected chi connectivity index (χ0v) is 9.45. The van der Waals surface area contributed by atoms with Gasteiger partial charge in [0.15, 0.2) is 0 Å². The summed E-state index contributed by atoms with van der Waals surface area (Å²) in [6.45, 7) is 2.13. The highest BCUT2D eigenvalue weighted by Gasteiger charge is 2.08. The van der Waals surface area contributed by atoms with Crippen LogP contribution in [0.4, 0.5) is 0 Å². The Bertz CT molecular complexity index is 462. The van der Waals surface area contributed by atoms with Crippen LogP contribution in [-0.4, -0.2) is 5.11 Å². The number of alkyl halides is 1. The SMILES string of the molecule is CCc1cc2c(CCl)c(O)ccc2s1. The molecule has 0 amide bonds. The van der Waals surface area contributed by atoms with E-state index in [-0.39, 0.29) is 0 Å². The molecule has 14 heavy (non-hydrogen) atoms. The van der Waals surface area contributed by atoms with Gasteiger partial charge < -0.3 is 5.11 Å². The van der Waals surface area contributed by atoms with Crippen LogP contribution >= 0.6 is 22.9 Å². The summed E-state index contributed by atoms with van der Waals surface area (Å²) in [6, 6.07) is 5.79. The van der Waals surface area contributed by atoms with Gasteiger partial charge in [-0.25, -0.2) is 0 Å². The Morgan fingerprint density at radius 1 is 1.43 bits per heavy atom. The zero-order valence-electron chi connectivity index (χ0n) is 7.88. The van der Waals surface area contributed by atoms with Crippen molar-refractivity contribution in [2.45, 2.75) is 19.2 Å². The second-order valence-electron chi connectivity index (χ2n) is 3.17. The fraction of sp³-hybridized carbons (Fsp3) is 0.273. The highest BCUT2D eigenvalue weighted by atomic mass is 35.5. The van der Waals surface area contributed by atoms with Crippen molar-refractivity contribution in [3.63, 3.8) is 0 Å². The number of aryl methyl sites for hydroxylation is 1. The first-order chi connectivity index (χ1) is 6.76. The average molecular weight is 227 g/mol. The van der Waals surface area contributed by atoms with Gasteiger partial charge in [0.25, 0.3) is 0 Å². The number of halogens is 1. The highest BCUT2D eigenvalue weighted by molar-refractivity contribution is 7.19. The Morgan fingerprint density at radius 2 is 2.21 bits per heavy atom. The van der Waals surface area contributed by atoms with Gasteiger partial charge in [0.2, 0.25) is 0 Å². The van der Waals surface area contributed by atoms with Crippen molar-refractivity contribution in [2.24, 2.45) is 0 Å². The second-order valence-corrected chi connectivity index (χ2v) is 4.61. The van der Waals surface area contributed by atoms with Crippen molar-refractivity contribution >= 4 is 33.0 Å². The maximum absolute atomic E-state index is 9.61. The summed E-state index contributed by atoms with van der Waals surface area (Å²) in [7, 11) is 0. The van der Waals surface area contributed by atoms with Gasteiger partial charge >= 0.3 is 0 Å². The minimum Gasteiger partial charge on any atom is -0.508 e. The summed E-state index contributed by atoms with van der Waals surface area (Å²) in [5.74, 6) is 0.663. The Balaban J connectivity index is 2.73. The summed E-state index contributed by atoms with van der Waals surface area (Å²) < 4.78 is 1.20. The minimum atomic E-state index is 0.299. The standard InChI is InChI=1S/C11H11ClOS/c1-2-7-5-8-9(6-12)10(13)3-4-11(8)14-7/h3-5,13H,2,6H2,1H3. The fourth-order valence-electron chi connectivity index (χ4n) is 1.53. The Labute approximate surface area is 91.9 Å². The lowest BCUT2D eigenvalue weighted by atomic mass is 10.1. The van der Waals surface area contributed by atoms with Crippen LogP contribution in [0.5, 0.6) is 5.75 Å². The monoisotopic (exact) mass is 226 g/mol. The molecule has 3 heteroatoms. The number of fused-ring (bicyclic) bond motifs is 1. The molecule has 0 aliphatic carbocycles. The van der Waals surface area contributed by atoms with Crippen molar-refractivity contribution < 1.29 is 5.11 Å². The molecule has 1 N–H and O–H groups in total. The van der Waals surface area contributed by atoms with Crippen LogP contribution in [0.2, 0.25) is 0 Å². The summed E-state index contributed by atoms with van der Waals surface area (Å²) in [4.78, 5) is 1.33. The van der Waals surface area contributed by atoms with E-state index in [0.29, 0.717) is 11.6 Å². The first-order valence-corrected chi connectivity index (χ1v) is 5.90. The Kier molecular flexibility index (Phi) is 2.66. The molecule has 0 saturated heterocycles. The number of benzene rings is 1. The number of hydrogen-bond acceptors (Lipinski definition) is 2. The predicted octanol–water partition coefficient (Wildman–Crippen LogP) is 3.91. The fourth-order valence-corrected chi connectivity index (χ4v) is 2.84. The van der Waals surface area contributed by atoms with Crippen LogP contribution < -0.4 is 0 Å². The maximum atomic E-state index is 9.61. The summed E-state index contributed by atoms with van der Waals surface area (Å²) in [5, 5.41) is 10.7. The molecule has 0 atom stereocenters. The van der Waals surface area contributed by atoms with E-state index in [9.17, 15) is 5.11 Å². The number of aromatic hydroxyl groups is 1. The molecular weight excluding hydrogens is 216 g/mol. The third-order valence-corrected chi connectivity index (χ3v) is 3.83. The third kappa shape index (κ3) is 1.49. The van der Waals surface area contributed by atoms with E-state index >= 15 is 0 Å². The minimum absolute atomic E-state index is 0.299. The predicted molar refractivity (Wildman–Crippen MR) is 62.4 cm³/mol. The van der Waals surface area contributed by atoms with Gasteiger partial charge in [-0.3, -0.25) is 0 Å². The molecule has 0 fully saturated rings. The van der Waals surface area contributed by atoms with Crippen LogP contribution in [0.1, 0.15) is 17.4 Å². The molecule has 1 aromatic heterocycles. The average Bonchev–Trinajstić information content (AvgIpc) is 2.60. The largest absolute Gasteiger partial charge is 0.508 e.